The van der Waals surface area contributed by atoms with E-state index in [-0.39, 0.29) is 16.6 Å². The van der Waals surface area contributed by atoms with Gasteiger partial charge in [0, 0.05) is 30.1 Å². The summed E-state index contributed by atoms with van der Waals surface area (Å²) in [4.78, 5) is 24.3. The number of ketones is 2. The topological polar surface area (TPSA) is 34.1 Å². The summed E-state index contributed by atoms with van der Waals surface area (Å²) in [6.07, 6.45) is 11.7. The Bertz CT molecular complexity index is 735. The molecule has 2 saturated carbocycles. The fourth-order valence-electron chi connectivity index (χ4n) is 5.95. The first-order valence-electron chi connectivity index (χ1n) is 9.07. The number of carbonyl (C=O) groups is 2. The molecule has 4 rings (SSSR count). The summed E-state index contributed by atoms with van der Waals surface area (Å²) in [5.74, 6) is 4.04. The first-order chi connectivity index (χ1) is 11.5. The SMILES string of the molecule is CC12CC=C3C(CCC4=CC(=O)CC[C@@]43CC#CF)C1CCC2=O. The molecule has 0 spiro atoms. The van der Waals surface area contributed by atoms with Crippen molar-refractivity contribution in [3.63, 3.8) is 0 Å². The van der Waals surface area contributed by atoms with Crippen molar-refractivity contribution in [2.75, 3.05) is 0 Å². The Morgan fingerprint density at radius 2 is 2.08 bits per heavy atom. The molecule has 0 aromatic rings. The summed E-state index contributed by atoms with van der Waals surface area (Å²) in [5, 5.41) is 0. The van der Waals surface area contributed by atoms with Gasteiger partial charge in [-0.05, 0) is 50.0 Å². The van der Waals surface area contributed by atoms with Crippen molar-refractivity contribution >= 4 is 11.6 Å². The van der Waals surface area contributed by atoms with Gasteiger partial charge in [-0.1, -0.05) is 30.1 Å². The highest BCUT2D eigenvalue weighted by Crippen LogP contribution is 2.63. The van der Waals surface area contributed by atoms with Crippen LogP contribution in [0.5, 0.6) is 0 Å². The maximum absolute atomic E-state index is 12.6. The summed E-state index contributed by atoms with van der Waals surface area (Å²) < 4.78 is 12.6. The largest absolute Gasteiger partial charge is 0.299 e. The summed E-state index contributed by atoms with van der Waals surface area (Å²) in [7, 11) is 0. The van der Waals surface area contributed by atoms with Crippen molar-refractivity contribution in [2.45, 2.75) is 58.3 Å². The quantitative estimate of drug-likeness (QED) is 0.531. The standard InChI is InChI=1S/C21H23FO2/c1-20-10-8-18-16(17(20)5-6-19(20)24)4-3-14-13-15(23)7-11-21(14,18)9-2-12-22/h8,13,16-17H,3-7,9-11H2,1H3/t16?,17?,20?,21-/m0/s1. The maximum Gasteiger partial charge on any atom is 0.155 e. The smallest absolute Gasteiger partial charge is 0.155 e. The third-order valence-electron chi connectivity index (χ3n) is 7.25. The van der Waals surface area contributed by atoms with Gasteiger partial charge in [0.05, 0.1) is 0 Å². The van der Waals surface area contributed by atoms with Crippen LogP contribution in [0.25, 0.3) is 0 Å². The molecular weight excluding hydrogens is 303 g/mol. The number of fused-ring (bicyclic) bond motifs is 5. The second kappa shape index (κ2) is 5.41. The molecule has 3 unspecified atom stereocenters. The van der Waals surface area contributed by atoms with Crippen LogP contribution in [-0.4, -0.2) is 11.6 Å². The monoisotopic (exact) mass is 326 g/mol. The highest BCUT2D eigenvalue weighted by Gasteiger charge is 2.56. The highest BCUT2D eigenvalue weighted by atomic mass is 19.1. The van der Waals surface area contributed by atoms with E-state index in [1.807, 2.05) is 0 Å². The molecule has 126 valence electrons. The first-order valence-corrected chi connectivity index (χ1v) is 9.07. The molecule has 3 heteroatoms. The van der Waals surface area contributed by atoms with Crippen LogP contribution in [0.1, 0.15) is 58.3 Å². The molecule has 4 aliphatic carbocycles. The molecule has 2 fully saturated rings. The van der Waals surface area contributed by atoms with Crippen molar-refractivity contribution in [1.82, 2.24) is 0 Å². The Balaban J connectivity index is 1.81. The lowest BCUT2D eigenvalue weighted by atomic mass is 9.50. The zero-order valence-corrected chi connectivity index (χ0v) is 14.2. The summed E-state index contributed by atoms with van der Waals surface area (Å²) in [6.45, 7) is 2.13. The molecule has 0 saturated heterocycles. The average Bonchev–Trinajstić information content (AvgIpc) is 2.88. The van der Waals surface area contributed by atoms with E-state index in [4.69, 9.17) is 0 Å². The number of rotatable bonds is 1. The second-order valence-electron chi connectivity index (χ2n) is 8.16. The first kappa shape index (κ1) is 15.8. The number of halogens is 1. The number of Topliss-reactive ketones (excluding diaryl/α,β-unsaturated/α-hetero) is 1. The number of allylic oxidation sites excluding steroid dienone is 4. The molecule has 0 heterocycles. The van der Waals surface area contributed by atoms with Crippen molar-refractivity contribution in [1.29, 1.82) is 0 Å². The minimum absolute atomic E-state index is 0.185. The summed E-state index contributed by atoms with van der Waals surface area (Å²) in [5.41, 5.74) is 2.03. The fourth-order valence-corrected chi connectivity index (χ4v) is 5.95. The van der Waals surface area contributed by atoms with E-state index in [2.05, 4.69) is 18.9 Å². The molecule has 0 aromatic carbocycles. The van der Waals surface area contributed by atoms with Gasteiger partial charge in [-0.2, -0.15) is 0 Å². The van der Waals surface area contributed by atoms with Crippen LogP contribution < -0.4 is 0 Å². The lowest BCUT2D eigenvalue weighted by Gasteiger charge is -2.53. The summed E-state index contributed by atoms with van der Waals surface area (Å²) in [6, 6.07) is 0. The average molecular weight is 326 g/mol. The normalized spacial score (nSPS) is 40.6. The predicted octanol–water partition coefficient (Wildman–Crippen LogP) is 4.31. The lowest BCUT2D eigenvalue weighted by Crippen LogP contribution is -2.45. The van der Waals surface area contributed by atoms with Gasteiger partial charge in [0.2, 0.25) is 0 Å². The van der Waals surface area contributed by atoms with Gasteiger partial charge in [0.15, 0.2) is 5.78 Å². The minimum Gasteiger partial charge on any atom is -0.299 e. The molecule has 0 N–H and O–H groups in total. The van der Waals surface area contributed by atoms with E-state index in [0.717, 1.165) is 37.7 Å². The van der Waals surface area contributed by atoms with Gasteiger partial charge in [-0.25, -0.2) is 0 Å². The molecule has 4 atom stereocenters. The molecule has 0 amide bonds. The van der Waals surface area contributed by atoms with Gasteiger partial charge < -0.3 is 0 Å². The van der Waals surface area contributed by atoms with Gasteiger partial charge in [-0.3, -0.25) is 9.59 Å². The zero-order chi connectivity index (χ0) is 16.9. The molecule has 0 aromatic heterocycles. The number of hydrogen-bond donors (Lipinski definition) is 0. The fraction of sp³-hybridized carbons (Fsp3) is 0.619. The van der Waals surface area contributed by atoms with Crippen molar-refractivity contribution in [3.05, 3.63) is 23.3 Å². The van der Waals surface area contributed by atoms with Crippen molar-refractivity contribution < 1.29 is 14.0 Å². The molecule has 2 nitrogen and oxygen atoms in total. The van der Waals surface area contributed by atoms with Crippen LogP contribution >= 0.6 is 0 Å². The molecule has 0 aliphatic heterocycles. The second-order valence-corrected chi connectivity index (χ2v) is 8.16. The maximum atomic E-state index is 12.6. The number of hydrogen-bond acceptors (Lipinski definition) is 2. The van der Waals surface area contributed by atoms with E-state index < -0.39 is 0 Å². The molecule has 0 radical (unpaired) electrons. The third-order valence-corrected chi connectivity index (χ3v) is 7.25. The van der Waals surface area contributed by atoms with Crippen LogP contribution in [0, 0.1) is 34.8 Å². The van der Waals surface area contributed by atoms with E-state index in [0.29, 0.717) is 36.9 Å². The summed E-state index contributed by atoms with van der Waals surface area (Å²) >= 11 is 0. The van der Waals surface area contributed by atoms with Crippen LogP contribution in [-0.2, 0) is 9.59 Å². The van der Waals surface area contributed by atoms with Gasteiger partial charge >= 0.3 is 0 Å². The van der Waals surface area contributed by atoms with Gasteiger partial charge in [0.1, 0.15) is 12.0 Å². The van der Waals surface area contributed by atoms with E-state index in [1.165, 1.54) is 5.57 Å². The minimum atomic E-state index is -0.261. The van der Waals surface area contributed by atoms with Gasteiger partial charge in [0.25, 0.3) is 0 Å². The number of carbonyl (C=O) groups excluding carboxylic acids is 2. The molecule has 0 bridgehead atoms. The van der Waals surface area contributed by atoms with Crippen LogP contribution in [0.2, 0.25) is 0 Å². The Morgan fingerprint density at radius 3 is 2.88 bits per heavy atom. The van der Waals surface area contributed by atoms with Gasteiger partial charge in [-0.15, -0.1) is 4.39 Å². The Kier molecular flexibility index (Phi) is 3.56. The highest BCUT2D eigenvalue weighted by molar-refractivity contribution is 5.92. The van der Waals surface area contributed by atoms with Crippen LogP contribution in [0.15, 0.2) is 23.3 Å². The van der Waals surface area contributed by atoms with Crippen LogP contribution in [0.4, 0.5) is 4.39 Å². The van der Waals surface area contributed by atoms with E-state index >= 15 is 0 Å². The Labute approximate surface area is 142 Å². The zero-order valence-electron chi connectivity index (χ0n) is 14.2. The molecule has 24 heavy (non-hydrogen) atoms. The Morgan fingerprint density at radius 1 is 1.25 bits per heavy atom. The van der Waals surface area contributed by atoms with E-state index in [9.17, 15) is 14.0 Å². The third kappa shape index (κ3) is 2.01. The Hall–Kier alpha value is -1.69. The molecule has 4 aliphatic rings. The predicted molar refractivity (Wildman–Crippen MR) is 89.5 cm³/mol. The molecular formula is C21H23FO2. The lowest BCUT2D eigenvalue weighted by molar-refractivity contribution is -0.127. The van der Waals surface area contributed by atoms with Crippen LogP contribution in [0.3, 0.4) is 0 Å². The van der Waals surface area contributed by atoms with Crippen molar-refractivity contribution in [2.24, 2.45) is 22.7 Å². The van der Waals surface area contributed by atoms with E-state index in [1.54, 1.807) is 12.3 Å². The van der Waals surface area contributed by atoms with Crippen molar-refractivity contribution in [3.8, 4) is 12.1 Å².